The number of hydrogen-bond donors (Lipinski definition) is 0. The van der Waals surface area contributed by atoms with E-state index < -0.39 is 11.8 Å². The molecule has 0 heterocycles. The molecule has 0 amide bonds. The molecular weight excluding hydrogens is 275 g/mol. The third-order valence-electron chi connectivity index (χ3n) is 2.85. The minimum Gasteiger partial charge on any atom is -0.462 e. The van der Waals surface area contributed by atoms with Crippen LogP contribution in [0.1, 0.15) is 23.7 Å². The summed E-state index contributed by atoms with van der Waals surface area (Å²) in [7, 11) is 0. The van der Waals surface area contributed by atoms with Crippen LogP contribution in [0.25, 0.3) is 0 Å². The molecule has 0 N–H and O–H groups in total. The number of ether oxygens (including phenoxy) is 1. The molecule has 86 valence electrons. The van der Waals surface area contributed by atoms with Gasteiger partial charge in [-0.25, -0.2) is 9.18 Å². The molecule has 1 aromatic rings. The lowest BCUT2D eigenvalue weighted by atomic mass is 10.2. The summed E-state index contributed by atoms with van der Waals surface area (Å²) in [5.74, 6) is -0.0470. The van der Waals surface area contributed by atoms with Crippen LogP contribution in [-0.2, 0) is 4.74 Å². The van der Waals surface area contributed by atoms with Crippen molar-refractivity contribution in [2.75, 3.05) is 6.61 Å². The number of carbonyl (C=O) groups excluding carboxylic acids is 1. The van der Waals surface area contributed by atoms with Gasteiger partial charge in [-0.3, -0.25) is 0 Å². The molecule has 4 heteroatoms. The Morgan fingerprint density at radius 3 is 2.94 bits per heavy atom. The Hall–Kier alpha value is -0.900. The Morgan fingerprint density at radius 1 is 1.62 bits per heavy atom. The highest BCUT2D eigenvalue weighted by Crippen LogP contribution is 2.37. The molecule has 0 aliphatic heterocycles. The van der Waals surface area contributed by atoms with Gasteiger partial charge in [0.05, 0.1) is 12.2 Å². The van der Waals surface area contributed by atoms with Crippen LogP contribution < -0.4 is 0 Å². The maximum atomic E-state index is 13.3. The largest absolute Gasteiger partial charge is 0.462 e. The molecule has 0 saturated heterocycles. The van der Waals surface area contributed by atoms with E-state index in [1.807, 2.05) is 0 Å². The predicted octanol–water partition coefficient (Wildman–Crippen LogP) is 3.40. The zero-order valence-corrected chi connectivity index (χ0v) is 10.5. The third kappa shape index (κ3) is 2.61. The van der Waals surface area contributed by atoms with Crippen LogP contribution in [0.5, 0.6) is 0 Å². The zero-order chi connectivity index (χ0) is 11.7. The van der Waals surface area contributed by atoms with Crippen molar-refractivity contribution in [3.05, 3.63) is 34.1 Å². The summed E-state index contributed by atoms with van der Waals surface area (Å²) in [5, 5.41) is 0. The smallest absolute Gasteiger partial charge is 0.341 e. The summed E-state index contributed by atoms with van der Waals surface area (Å²) >= 11 is 3.19. The van der Waals surface area contributed by atoms with Gasteiger partial charge in [-0.05, 0) is 36.5 Å². The topological polar surface area (TPSA) is 26.3 Å². The highest BCUT2D eigenvalue weighted by Gasteiger charge is 2.33. The molecule has 1 aromatic carbocycles. The lowest BCUT2D eigenvalue weighted by Gasteiger charge is -2.05. The number of carbonyl (C=O) groups is 1. The van der Waals surface area contributed by atoms with E-state index in [0.717, 1.165) is 6.42 Å². The number of esters is 1. The average Bonchev–Trinajstić information content (AvgIpc) is 2.95. The van der Waals surface area contributed by atoms with Crippen molar-refractivity contribution in [3.8, 4) is 0 Å². The average molecular weight is 287 g/mol. The van der Waals surface area contributed by atoms with Gasteiger partial charge < -0.3 is 4.74 Å². The Balaban J connectivity index is 1.99. The second-order valence-corrected chi connectivity index (χ2v) is 5.11. The van der Waals surface area contributed by atoms with E-state index in [1.54, 1.807) is 6.07 Å². The number of halogens is 2. The van der Waals surface area contributed by atoms with Crippen LogP contribution >= 0.6 is 15.9 Å². The SMILES string of the molecule is CC1CC1COC(=O)c1cc(Br)ccc1F. The number of rotatable bonds is 3. The molecule has 1 aliphatic carbocycles. The summed E-state index contributed by atoms with van der Waals surface area (Å²) < 4.78 is 19.0. The minimum absolute atomic E-state index is 0.0114. The summed E-state index contributed by atoms with van der Waals surface area (Å²) in [4.78, 5) is 11.6. The van der Waals surface area contributed by atoms with Crippen LogP contribution in [-0.4, -0.2) is 12.6 Å². The van der Waals surface area contributed by atoms with Gasteiger partial charge in [-0.15, -0.1) is 0 Å². The van der Waals surface area contributed by atoms with Gasteiger partial charge in [-0.1, -0.05) is 22.9 Å². The van der Waals surface area contributed by atoms with Crippen molar-refractivity contribution >= 4 is 21.9 Å². The summed E-state index contributed by atoms with van der Waals surface area (Å²) in [5.41, 5.74) is -0.0114. The number of hydrogen-bond acceptors (Lipinski definition) is 2. The van der Waals surface area contributed by atoms with Gasteiger partial charge in [0.25, 0.3) is 0 Å². The molecule has 0 radical (unpaired) electrons. The molecule has 16 heavy (non-hydrogen) atoms. The van der Waals surface area contributed by atoms with E-state index in [4.69, 9.17) is 4.74 Å². The normalized spacial score (nSPS) is 22.9. The highest BCUT2D eigenvalue weighted by atomic mass is 79.9. The van der Waals surface area contributed by atoms with E-state index in [2.05, 4.69) is 22.9 Å². The van der Waals surface area contributed by atoms with Gasteiger partial charge in [0.2, 0.25) is 0 Å². The maximum Gasteiger partial charge on any atom is 0.341 e. The van der Waals surface area contributed by atoms with Gasteiger partial charge in [-0.2, -0.15) is 0 Å². The Morgan fingerprint density at radius 2 is 2.31 bits per heavy atom. The fraction of sp³-hybridized carbons (Fsp3) is 0.417. The van der Waals surface area contributed by atoms with E-state index in [9.17, 15) is 9.18 Å². The fourth-order valence-electron chi connectivity index (χ4n) is 1.55. The minimum atomic E-state index is -0.585. The lowest BCUT2D eigenvalue weighted by molar-refractivity contribution is 0.0476. The quantitative estimate of drug-likeness (QED) is 0.796. The van der Waals surface area contributed by atoms with E-state index >= 15 is 0 Å². The van der Waals surface area contributed by atoms with E-state index in [-0.39, 0.29) is 5.56 Å². The van der Waals surface area contributed by atoms with Crippen LogP contribution in [0.4, 0.5) is 4.39 Å². The third-order valence-corrected chi connectivity index (χ3v) is 3.35. The van der Waals surface area contributed by atoms with Crippen molar-refractivity contribution in [2.24, 2.45) is 11.8 Å². The maximum absolute atomic E-state index is 13.3. The lowest BCUT2D eigenvalue weighted by Crippen LogP contribution is -2.10. The van der Waals surface area contributed by atoms with Crippen molar-refractivity contribution in [1.82, 2.24) is 0 Å². The Labute approximate surface area is 102 Å². The van der Waals surface area contributed by atoms with Gasteiger partial charge in [0, 0.05) is 4.47 Å². The Bertz CT molecular complexity index is 419. The Kier molecular flexibility index (Phi) is 3.28. The first-order chi connectivity index (χ1) is 7.58. The van der Waals surface area contributed by atoms with Crippen LogP contribution in [0, 0.1) is 17.7 Å². The molecule has 1 saturated carbocycles. The first-order valence-corrected chi connectivity index (χ1v) is 5.99. The predicted molar refractivity (Wildman–Crippen MR) is 61.7 cm³/mol. The molecule has 1 aliphatic rings. The van der Waals surface area contributed by atoms with Crippen molar-refractivity contribution in [2.45, 2.75) is 13.3 Å². The van der Waals surface area contributed by atoms with Crippen LogP contribution in [0.2, 0.25) is 0 Å². The fourth-order valence-corrected chi connectivity index (χ4v) is 1.91. The first kappa shape index (κ1) is 11.6. The molecule has 0 bridgehead atoms. The molecule has 0 aromatic heterocycles. The van der Waals surface area contributed by atoms with E-state index in [1.165, 1.54) is 12.1 Å². The second kappa shape index (κ2) is 4.53. The molecule has 0 spiro atoms. The molecule has 2 rings (SSSR count). The summed E-state index contributed by atoms with van der Waals surface area (Å²) in [6.07, 6.45) is 1.09. The monoisotopic (exact) mass is 286 g/mol. The standard InChI is InChI=1S/C12H12BrFO2/c1-7-4-8(7)6-16-12(15)10-5-9(13)2-3-11(10)14/h2-3,5,7-8H,4,6H2,1H3. The molecule has 2 atom stereocenters. The molecule has 1 fully saturated rings. The molecule has 2 unspecified atom stereocenters. The number of benzene rings is 1. The van der Waals surface area contributed by atoms with Gasteiger partial charge >= 0.3 is 5.97 Å². The molecule has 2 nitrogen and oxygen atoms in total. The molecular formula is C12H12BrFO2. The van der Waals surface area contributed by atoms with Gasteiger partial charge in [0.15, 0.2) is 0 Å². The van der Waals surface area contributed by atoms with Crippen molar-refractivity contribution in [1.29, 1.82) is 0 Å². The second-order valence-electron chi connectivity index (χ2n) is 4.20. The summed E-state index contributed by atoms with van der Waals surface area (Å²) in [6, 6.07) is 4.24. The zero-order valence-electron chi connectivity index (χ0n) is 8.87. The highest BCUT2D eigenvalue weighted by molar-refractivity contribution is 9.10. The summed E-state index contributed by atoms with van der Waals surface area (Å²) in [6.45, 7) is 2.50. The van der Waals surface area contributed by atoms with Crippen molar-refractivity contribution in [3.63, 3.8) is 0 Å². The van der Waals surface area contributed by atoms with E-state index in [0.29, 0.717) is 22.9 Å². The van der Waals surface area contributed by atoms with Crippen LogP contribution in [0.3, 0.4) is 0 Å². The first-order valence-electron chi connectivity index (χ1n) is 5.20. The van der Waals surface area contributed by atoms with Crippen molar-refractivity contribution < 1.29 is 13.9 Å². The van der Waals surface area contributed by atoms with Crippen LogP contribution in [0.15, 0.2) is 22.7 Å². The van der Waals surface area contributed by atoms with Gasteiger partial charge in [0.1, 0.15) is 5.82 Å².